The van der Waals surface area contributed by atoms with Gasteiger partial charge in [-0.2, -0.15) is 0 Å². The first-order valence-electron chi connectivity index (χ1n) is 5.96. The van der Waals surface area contributed by atoms with Crippen molar-refractivity contribution in [2.24, 2.45) is 11.8 Å². The third-order valence-corrected chi connectivity index (χ3v) is 2.83. The standard InChI is InChI=1S/C12H26O2/c1-3-6-12(10-14)8-5-4-7-11(2)9-13/h11-14H,3-10H2,1-2H3. The van der Waals surface area contributed by atoms with E-state index >= 15 is 0 Å². The van der Waals surface area contributed by atoms with Crippen LogP contribution in [0, 0.1) is 11.8 Å². The zero-order valence-corrected chi connectivity index (χ0v) is 9.71. The lowest BCUT2D eigenvalue weighted by Gasteiger charge is -2.13. The lowest BCUT2D eigenvalue weighted by Crippen LogP contribution is -2.06. The van der Waals surface area contributed by atoms with Crippen LogP contribution in [0.3, 0.4) is 0 Å². The topological polar surface area (TPSA) is 40.5 Å². The molecule has 0 saturated carbocycles. The minimum atomic E-state index is 0.304. The van der Waals surface area contributed by atoms with Gasteiger partial charge in [0.25, 0.3) is 0 Å². The summed E-state index contributed by atoms with van der Waals surface area (Å²) in [7, 11) is 0. The summed E-state index contributed by atoms with van der Waals surface area (Å²) in [6.45, 7) is 4.88. The van der Waals surface area contributed by atoms with Gasteiger partial charge in [0.05, 0.1) is 0 Å². The molecule has 2 N–H and O–H groups in total. The van der Waals surface area contributed by atoms with E-state index in [0.717, 1.165) is 25.7 Å². The van der Waals surface area contributed by atoms with E-state index in [1.807, 2.05) is 0 Å². The summed E-state index contributed by atoms with van der Waals surface area (Å²) in [5.41, 5.74) is 0. The number of aliphatic hydroxyl groups excluding tert-OH is 2. The highest BCUT2D eigenvalue weighted by Crippen LogP contribution is 2.16. The van der Waals surface area contributed by atoms with Crippen molar-refractivity contribution in [2.45, 2.75) is 52.4 Å². The summed E-state index contributed by atoms with van der Waals surface area (Å²) in [4.78, 5) is 0. The van der Waals surface area contributed by atoms with E-state index in [1.54, 1.807) is 0 Å². The Morgan fingerprint density at radius 2 is 1.57 bits per heavy atom. The lowest BCUT2D eigenvalue weighted by atomic mass is 9.95. The zero-order chi connectivity index (χ0) is 10.8. The maximum absolute atomic E-state index is 9.07. The highest BCUT2D eigenvalue weighted by atomic mass is 16.3. The Labute approximate surface area is 88.3 Å². The molecule has 2 atom stereocenters. The van der Waals surface area contributed by atoms with Crippen molar-refractivity contribution in [3.63, 3.8) is 0 Å². The van der Waals surface area contributed by atoms with E-state index in [4.69, 9.17) is 10.2 Å². The van der Waals surface area contributed by atoms with E-state index in [9.17, 15) is 0 Å². The van der Waals surface area contributed by atoms with Crippen molar-refractivity contribution in [1.29, 1.82) is 0 Å². The largest absolute Gasteiger partial charge is 0.396 e. The van der Waals surface area contributed by atoms with Crippen LogP contribution in [-0.2, 0) is 0 Å². The second-order valence-corrected chi connectivity index (χ2v) is 4.41. The Morgan fingerprint density at radius 1 is 0.929 bits per heavy atom. The Hall–Kier alpha value is -0.0800. The minimum absolute atomic E-state index is 0.304. The van der Waals surface area contributed by atoms with Crippen LogP contribution in [-0.4, -0.2) is 23.4 Å². The van der Waals surface area contributed by atoms with Gasteiger partial charge in [0.2, 0.25) is 0 Å². The second-order valence-electron chi connectivity index (χ2n) is 4.41. The normalized spacial score (nSPS) is 15.4. The second kappa shape index (κ2) is 9.47. The number of hydrogen-bond donors (Lipinski definition) is 2. The average molecular weight is 202 g/mol. The van der Waals surface area contributed by atoms with Gasteiger partial charge < -0.3 is 10.2 Å². The maximum Gasteiger partial charge on any atom is 0.0459 e. The van der Waals surface area contributed by atoms with Crippen LogP contribution in [0.4, 0.5) is 0 Å². The third kappa shape index (κ3) is 7.34. The molecule has 0 spiro atoms. The molecule has 2 unspecified atom stereocenters. The van der Waals surface area contributed by atoms with Crippen LogP contribution < -0.4 is 0 Å². The van der Waals surface area contributed by atoms with Crippen molar-refractivity contribution >= 4 is 0 Å². The molecular weight excluding hydrogens is 176 g/mol. The monoisotopic (exact) mass is 202 g/mol. The Bertz CT molecular complexity index is 115. The van der Waals surface area contributed by atoms with Gasteiger partial charge in [-0.1, -0.05) is 33.1 Å². The van der Waals surface area contributed by atoms with Crippen molar-refractivity contribution < 1.29 is 10.2 Å². The highest BCUT2D eigenvalue weighted by molar-refractivity contribution is 4.58. The Balaban J connectivity index is 3.32. The third-order valence-electron chi connectivity index (χ3n) is 2.83. The fourth-order valence-electron chi connectivity index (χ4n) is 1.75. The fourth-order valence-corrected chi connectivity index (χ4v) is 1.75. The molecule has 0 heterocycles. The molecule has 2 nitrogen and oxygen atoms in total. The van der Waals surface area contributed by atoms with Crippen LogP contribution in [0.2, 0.25) is 0 Å². The van der Waals surface area contributed by atoms with Crippen LogP contribution in [0.25, 0.3) is 0 Å². The van der Waals surface area contributed by atoms with E-state index in [-0.39, 0.29) is 0 Å². The number of rotatable bonds is 9. The van der Waals surface area contributed by atoms with Gasteiger partial charge in [-0.3, -0.25) is 0 Å². The maximum atomic E-state index is 9.07. The van der Waals surface area contributed by atoms with E-state index < -0.39 is 0 Å². The number of aliphatic hydroxyl groups is 2. The van der Waals surface area contributed by atoms with E-state index in [1.165, 1.54) is 12.8 Å². The highest BCUT2D eigenvalue weighted by Gasteiger charge is 2.06. The minimum Gasteiger partial charge on any atom is -0.396 e. The smallest absolute Gasteiger partial charge is 0.0459 e. The van der Waals surface area contributed by atoms with Crippen LogP contribution in [0.1, 0.15) is 52.4 Å². The van der Waals surface area contributed by atoms with E-state index in [2.05, 4.69) is 13.8 Å². The summed E-state index contributed by atoms with van der Waals surface area (Å²) in [5, 5.41) is 17.9. The van der Waals surface area contributed by atoms with Crippen molar-refractivity contribution in [3.8, 4) is 0 Å². The molecule has 0 aliphatic heterocycles. The molecule has 86 valence electrons. The SMILES string of the molecule is CCCC(CO)CCCCC(C)CO. The van der Waals surface area contributed by atoms with Crippen molar-refractivity contribution in [3.05, 3.63) is 0 Å². The van der Waals surface area contributed by atoms with Gasteiger partial charge in [0.1, 0.15) is 0 Å². The van der Waals surface area contributed by atoms with Crippen molar-refractivity contribution in [1.82, 2.24) is 0 Å². The van der Waals surface area contributed by atoms with Crippen LogP contribution >= 0.6 is 0 Å². The molecule has 0 aliphatic carbocycles. The molecule has 0 fully saturated rings. The summed E-state index contributed by atoms with van der Waals surface area (Å²) in [6.07, 6.45) is 6.94. The Morgan fingerprint density at radius 3 is 2.07 bits per heavy atom. The summed E-state index contributed by atoms with van der Waals surface area (Å²) >= 11 is 0. The summed E-state index contributed by atoms with van der Waals surface area (Å²) in [5.74, 6) is 0.943. The number of unbranched alkanes of at least 4 members (excludes halogenated alkanes) is 1. The summed E-state index contributed by atoms with van der Waals surface area (Å²) < 4.78 is 0. The molecule has 14 heavy (non-hydrogen) atoms. The van der Waals surface area contributed by atoms with Gasteiger partial charge in [0.15, 0.2) is 0 Å². The molecule has 0 aliphatic rings. The predicted octanol–water partition coefficient (Wildman–Crippen LogP) is 2.58. The average Bonchev–Trinajstić information content (AvgIpc) is 2.22. The van der Waals surface area contributed by atoms with Crippen LogP contribution in [0.5, 0.6) is 0 Å². The molecule has 0 amide bonds. The molecule has 0 saturated heterocycles. The predicted molar refractivity (Wildman–Crippen MR) is 60.2 cm³/mol. The number of hydrogen-bond acceptors (Lipinski definition) is 2. The molecule has 0 bridgehead atoms. The first-order valence-corrected chi connectivity index (χ1v) is 5.96. The van der Waals surface area contributed by atoms with Crippen LogP contribution in [0.15, 0.2) is 0 Å². The molecule has 0 rings (SSSR count). The first kappa shape index (κ1) is 13.9. The zero-order valence-electron chi connectivity index (χ0n) is 9.71. The molecular formula is C12H26O2. The van der Waals surface area contributed by atoms with Gasteiger partial charge in [0, 0.05) is 13.2 Å². The molecule has 0 aromatic carbocycles. The molecule has 0 radical (unpaired) electrons. The Kier molecular flexibility index (Phi) is 9.42. The molecule has 2 heteroatoms. The lowest BCUT2D eigenvalue weighted by molar-refractivity contribution is 0.201. The van der Waals surface area contributed by atoms with E-state index in [0.29, 0.717) is 25.0 Å². The van der Waals surface area contributed by atoms with Crippen molar-refractivity contribution in [2.75, 3.05) is 13.2 Å². The quantitative estimate of drug-likeness (QED) is 0.564. The summed E-state index contributed by atoms with van der Waals surface area (Å²) in [6, 6.07) is 0. The molecule has 0 aromatic heterocycles. The van der Waals surface area contributed by atoms with Gasteiger partial charge >= 0.3 is 0 Å². The van der Waals surface area contributed by atoms with Gasteiger partial charge in [-0.05, 0) is 31.1 Å². The van der Waals surface area contributed by atoms with Gasteiger partial charge in [-0.25, -0.2) is 0 Å². The first-order chi connectivity index (χ1) is 6.74. The molecule has 0 aromatic rings. The van der Waals surface area contributed by atoms with Gasteiger partial charge in [-0.15, -0.1) is 0 Å². The fraction of sp³-hybridized carbons (Fsp3) is 1.00.